The topological polar surface area (TPSA) is 97.8 Å². The number of aromatic nitrogens is 1. The molecule has 1 saturated heterocycles. The van der Waals surface area contributed by atoms with Crippen LogP contribution in [0, 0.1) is 0 Å². The molecule has 7 nitrogen and oxygen atoms in total. The second kappa shape index (κ2) is 6.09. The molecule has 1 aliphatic rings. The summed E-state index contributed by atoms with van der Waals surface area (Å²) in [7, 11) is 1.45. The van der Waals surface area contributed by atoms with Gasteiger partial charge in [-0.15, -0.1) is 0 Å². The number of carbonyl (C=O) groups excluding carboxylic acids is 1. The van der Waals surface area contributed by atoms with Crippen LogP contribution >= 0.6 is 11.3 Å². The van der Waals surface area contributed by atoms with Gasteiger partial charge in [-0.05, 0) is 12.8 Å². The summed E-state index contributed by atoms with van der Waals surface area (Å²) in [5.74, 6) is -1.37. The molecule has 0 saturated carbocycles. The summed E-state index contributed by atoms with van der Waals surface area (Å²) in [5.41, 5.74) is 0.308. The third-order valence-corrected chi connectivity index (χ3v) is 3.63. The standard InChI is InChI=1S/C11H14N2O5S/c1-17-5-6-8(10(15)16)19-11(12-6)13-9(14)7-3-2-4-18-7/h7H,2-5H2,1H3,(H,15,16)(H,12,13,14). The molecule has 0 bridgehead atoms. The molecule has 1 aromatic rings. The van der Waals surface area contributed by atoms with Gasteiger partial charge in [0.2, 0.25) is 0 Å². The van der Waals surface area contributed by atoms with Crippen LogP contribution in [0.25, 0.3) is 0 Å². The number of thiazole rings is 1. The quantitative estimate of drug-likeness (QED) is 0.841. The van der Waals surface area contributed by atoms with Crippen LogP contribution in [0.2, 0.25) is 0 Å². The number of hydrogen-bond donors (Lipinski definition) is 2. The maximum atomic E-state index is 11.8. The first-order chi connectivity index (χ1) is 9.11. The van der Waals surface area contributed by atoms with Crippen molar-refractivity contribution < 1.29 is 24.2 Å². The Morgan fingerprint density at radius 2 is 2.42 bits per heavy atom. The highest BCUT2D eigenvalue weighted by atomic mass is 32.1. The minimum absolute atomic E-state index is 0.0736. The molecule has 1 aliphatic heterocycles. The Balaban J connectivity index is 2.09. The van der Waals surface area contributed by atoms with Crippen LogP contribution in [0.5, 0.6) is 0 Å². The van der Waals surface area contributed by atoms with Crippen molar-refractivity contribution in [3.63, 3.8) is 0 Å². The van der Waals surface area contributed by atoms with E-state index in [1.807, 2.05) is 0 Å². The normalized spacial score (nSPS) is 18.5. The van der Waals surface area contributed by atoms with E-state index < -0.39 is 12.1 Å². The molecular weight excluding hydrogens is 272 g/mol. The molecule has 2 heterocycles. The molecule has 2 rings (SSSR count). The third-order valence-electron chi connectivity index (χ3n) is 2.62. The molecule has 0 radical (unpaired) electrons. The first kappa shape index (κ1) is 13.9. The molecule has 0 spiro atoms. The molecule has 1 aromatic heterocycles. The molecule has 19 heavy (non-hydrogen) atoms. The highest BCUT2D eigenvalue weighted by molar-refractivity contribution is 7.17. The number of amides is 1. The number of carboxylic acids is 1. The van der Waals surface area contributed by atoms with Gasteiger partial charge in [-0.2, -0.15) is 0 Å². The van der Waals surface area contributed by atoms with Crippen molar-refractivity contribution in [1.29, 1.82) is 0 Å². The fraction of sp³-hybridized carbons (Fsp3) is 0.545. The van der Waals surface area contributed by atoms with Crippen molar-refractivity contribution in [2.45, 2.75) is 25.6 Å². The lowest BCUT2D eigenvalue weighted by atomic mass is 10.2. The van der Waals surface area contributed by atoms with Crippen molar-refractivity contribution in [3.05, 3.63) is 10.6 Å². The van der Waals surface area contributed by atoms with Gasteiger partial charge in [-0.1, -0.05) is 11.3 Å². The number of anilines is 1. The number of hydrogen-bond acceptors (Lipinski definition) is 6. The molecular formula is C11H14N2O5S. The van der Waals surface area contributed by atoms with Gasteiger partial charge >= 0.3 is 5.97 Å². The van der Waals surface area contributed by atoms with Crippen LogP contribution in [0.4, 0.5) is 5.13 Å². The second-order valence-electron chi connectivity index (χ2n) is 4.02. The van der Waals surface area contributed by atoms with Crippen molar-refractivity contribution in [3.8, 4) is 0 Å². The zero-order valence-corrected chi connectivity index (χ0v) is 11.2. The van der Waals surface area contributed by atoms with Crippen LogP contribution in [0.3, 0.4) is 0 Å². The molecule has 1 unspecified atom stereocenters. The molecule has 8 heteroatoms. The Labute approximate surface area is 113 Å². The first-order valence-corrected chi connectivity index (χ1v) is 6.58. The first-order valence-electron chi connectivity index (χ1n) is 5.76. The number of methoxy groups -OCH3 is 1. The Morgan fingerprint density at radius 3 is 3.00 bits per heavy atom. The number of ether oxygens (including phenoxy) is 2. The molecule has 0 aromatic carbocycles. The summed E-state index contributed by atoms with van der Waals surface area (Å²) in [4.78, 5) is 27.0. The van der Waals surface area contributed by atoms with Crippen LogP contribution in [0.15, 0.2) is 0 Å². The van der Waals surface area contributed by atoms with Crippen molar-refractivity contribution >= 4 is 28.3 Å². The van der Waals surface area contributed by atoms with Gasteiger partial charge in [0.25, 0.3) is 5.91 Å². The summed E-state index contributed by atoms with van der Waals surface area (Å²) >= 11 is 0.917. The summed E-state index contributed by atoms with van der Waals surface area (Å²) < 4.78 is 10.1. The van der Waals surface area contributed by atoms with Gasteiger partial charge < -0.3 is 14.6 Å². The Bertz CT molecular complexity index is 481. The fourth-order valence-electron chi connectivity index (χ4n) is 1.78. The highest BCUT2D eigenvalue weighted by Crippen LogP contribution is 2.24. The number of carboxylic acid groups (broad SMARTS) is 1. The van der Waals surface area contributed by atoms with E-state index in [1.54, 1.807) is 0 Å². The van der Waals surface area contributed by atoms with E-state index in [9.17, 15) is 9.59 Å². The largest absolute Gasteiger partial charge is 0.477 e. The van der Waals surface area contributed by atoms with Crippen LogP contribution in [0.1, 0.15) is 28.2 Å². The molecule has 104 valence electrons. The van der Waals surface area contributed by atoms with E-state index in [0.29, 0.717) is 18.7 Å². The van der Waals surface area contributed by atoms with Crippen LogP contribution in [-0.4, -0.2) is 41.8 Å². The van der Waals surface area contributed by atoms with Crippen molar-refractivity contribution in [2.24, 2.45) is 0 Å². The van der Waals surface area contributed by atoms with Gasteiger partial charge in [-0.3, -0.25) is 10.1 Å². The lowest BCUT2D eigenvalue weighted by molar-refractivity contribution is -0.124. The number of aromatic carboxylic acids is 1. The van der Waals surface area contributed by atoms with Crippen molar-refractivity contribution in [2.75, 3.05) is 19.0 Å². The maximum absolute atomic E-state index is 11.8. The second-order valence-corrected chi connectivity index (χ2v) is 5.02. The molecule has 1 fully saturated rings. The van der Waals surface area contributed by atoms with Gasteiger partial charge in [0.15, 0.2) is 5.13 Å². The Kier molecular flexibility index (Phi) is 4.46. The van der Waals surface area contributed by atoms with Crippen LogP contribution in [-0.2, 0) is 20.9 Å². The Hall–Kier alpha value is -1.51. The highest BCUT2D eigenvalue weighted by Gasteiger charge is 2.25. The van der Waals surface area contributed by atoms with E-state index in [0.717, 1.165) is 17.8 Å². The summed E-state index contributed by atoms with van der Waals surface area (Å²) in [6, 6.07) is 0. The van der Waals surface area contributed by atoms with E-state index >= 15 is 0 Å². The fourth-order valence-corrected chi connectivity index (χ4v) is 2.59. The van der Waals surface area contributed by atoms with Gasteiger partial charge in [-0.25, -0.2) is 9.78 Å². The molecule has 2 N–H and O–H groups in total. The van der Waals surface area contributed by atoms with Gasteiger partial charge in [0, 0.05) is 13.7 Å². The maximum Gasteiger partial charge on any atom is 0.347 e. The van der Waals surface area contributed by atoms with Gasteiger partial charge in [0.05, 0.1) is 12.3 Å². The van der Waals surface area contributed by atoms with Crippen LogP contribution < -0.4 is 5.32 Å². The lowest BCUT2D eigenvalue weighted by Gasteiger charge is -2.07. The SMILES string of the molecule is COCc1nc(NC(=O)C2CCCO2)sc1C(=O)O. The van der Waals surface area contributed by atoms with E-state index in [2.05, 4.69) is 10.3 Å². The molecule has 0 aliphatic carbocycles. The number of carbonyl (C=O) groups is 2. The van der Waals surface area contributed by atoms with E-state index in [-0.39, 0.29) is 22.5 Å². The summed E-state index contributed by atoms with van der Waals surface area (Å²) in [6.45, 7) is 0.666. The predicted octanol–water partition coefficient (Wildman–Crippen LogP) is 1.11. The number of rotatable bonds is 5. The third kappa shape index (κ3) is 3.28. The van der Waals surface area contributed by atoms with Gasteiger partial charge in [0.1, 0.15) is 11.0 Å². The average Bonchev–Trinajstić information content (AvgIpc) is 2.98. The predicted molar refractivity (Wildman–Crippen MR) is 67.4 cm³/mol. The molecule has 1 atom stereocenters. The Morgan fingerprint density at radius 1 is 1.63 bits per heavy atom. The smallest absolute Gasteiger partial charge is 0.347 e. The minimum Gasteiger partial charge on any atom is -0.477 e. The van der Waals surface area contributed by atoms with E-state index in [4.69, 9.17) is 14.6 Å². The monoisotopic (exact) mass is 286 g/mol. The zero-order valence-electron chi connectivity index (χ0n) is 10.3. The lowest BCUT2D eigenvalue weighted by Crippen LogP contribution is -2.26. The number of nitrogens with one attached hydrogen (secondary N) is 1. The zero-order chi connectivity index (χ0) is 13.8. The van der Waals surface area contributed by atoms with E-state index in [1.165, 1.54) is 7.11 Å². The van der Waals surface area contributed by atoms with Crippen molar-refractivity contribution in [1.82, 2.24) is 4.98 Å². The number of nitrogens with zero attached hydrogens (tertiary/aromatic N) is 1. The summed E-state index contributed by atoms with van der Waals surface area (Å²) in [5, 5.41) is 11.9. The average molecular weight is 286 g/mol. The molecule has 1 amide bonds. The summed E-state index contributed by atoms with van der Waals surface area (Å²) in [6.07, 6.45) is 1.06. The minimum atomic E-state index is -1.08.